The van der Waals surface area contributed by atoms with E-state index >= 15 is 0 Å². The number of nitrogen functional groups attached to an aromatic ring is 2. The number of nitrogens with zero attached hydrogens (tertiary/aromatic N) is 4. The molecular weight excluding hydrogens is 512 g/mol. The molecule has 1 unspecified atom stereocenters. The Morgan fingerprint density at radius 2 is 1.67 bits per heavy atom. The highest BCUT2D eigenvalue weighted by Gasteiger charge is 2.45. The molecule has 39 heavy (non-hydrogen) atoms. The third-order valence-electron chi connectivity index (χ3n) is 6.61. The molecule has 0 bridgehead atoms. The summed E-state index contributed by atoms with van der Waals surface area (Å²) in [4.78, 5) is 30.0. The normalized spacial score (nSPS) is 15.7. The molecule has 3 aromatic carbocycles. The van der Waals surface area contributed by atoms with Crippen LogP contribution in [0.3, 0.4) is 0 Å². The van der Waals surface area contributed by atoms with Crippen molar-refractivity contribution in [1.29, 1.82) is 5.41 Å². The molecule has 6 N–H and O–H groups in total. The summed E-state index contributed by atoms with van der Waals surface area (Å²) in [7, 11) is 0. The van der Waals surface area contributed by atoms with Crippen molar-refractivity contribution >= 4 is 52.3 Å². The summed E-state index contributed by atoms with van der Waals surface area (Å²) >= 11 is 6.21. The highest BCUT2D eigenvalue weighted by Crippen LogP contribution is 2.48. The molecule has 0 saturated heterocycles. The highest BCUT2D eigenvalue weighted by atomic mass is 35.5. The molecule has 0 aliphatic carbocycles. The number of nitrogens with two attached hydrogens (primary N) is 2. The van der Waals surface area contributed by atoms with Crippen LogP contribution in [0.5, 0.6) is 0 Å². The summed E-state index contributed by atoms with van der Waals surface area (Å²) in [6.45, 7) is 0. The van der Waals surface area contributed by atoms with Gasteiger partial charge < -0.3 is 16.5 Å². The number of benzene rings is 3. The number of amidine groups is 1. The zero-order valence-corrected chi connectivity index (χ0v) is 21.2. The maximum Gasteiger partial charge on any atom is 0.283 e. The fourth-order valence-electron chi connectivity index (χ4n) is 4.62. The number of aliphatic imine (C=N–C) groups is 1. The number of aromatic nitrogens is 3. The van der Waals surface area contributed by atoms with Gasteiger partial charge in [0.25, 0.3) is 11.4 Å². The fourth-order valence-corrected chi connectivity index (χ4v) is 4.75. The van der Waals surface area contributed by atoms with Gasteiger partial charge in [-0.25, -0.2) is 0 Å². The van der Waals surface area contributed by atoms with Gasteiger partial charge in [-0.2, -0.15) is 14.5 Å². The Kier molecular flexibility index (Phi) is 5.79. The molecule has 10 heteroatoms. The first-order valence-electron chi connectivity index (χ1n) is 12.0. The van der Waals surface area contributed by atoms with Gasteiger partial charge in [0.2, 0.25) is 12.0 Å². The van der Waals surface area contributed by atoms with Gasteiger partial charge in [0.15, 0.2) is 5.69 Å². The monoisotopic (exact) mass is 533 g/mol. The van der Waals surface area contributed by atoms with E-state index in [1.807, 2.05) is 54.6 Å². The molecule has 0 amide bonds. The minimum atomic E-state index is -0.368. The number of H-pyrrole nitrogens is 1. The van der Waals surface area contributed by atoms with E-state index in [-0.39, 0.29) is 21.6 Å². The van der Waals surface area contributed by atoms with Crippen LogP contribution in [0.25, 0.3) is 22.6 Å². The van der Waals surface area contributed by atoms with Gasteiger partial charge in [0, 0.05) is 46.0 Å². The summed E-state index contributed by atoms with van der Waals surface area (Å²) < 4.78 is -0.0853. The second-order valence-corrected chi connectivity index (χ2v) is 9.49. The maximum absolute atomic E-state index is 13.3. The smallest absolute Gasteiger partial charge is 0.283 e. The largest absolute Gasteiger partial charge is 0.397 e. The van der Waals surface area contributed by atoms with E-state index < -0.39 is 0 Å². The molecule has 0 radical (unpaired) electrons. The van der Waals surface area contributed by atoms with Crippen LogP contribution in [-0.4, -0.2) is 27.1 Å². The number of hydrogen-bond donors (Lipinski definition) is 4. The molecule has 1 aliphatic rings. The number of halogens is 1. The standard InChI is InChI=1S/C29H21ClN8O/c30-20-8-11-22(12-9-20)38(23-3-1-2-19(14-23)26(32)33)16-35-25-28(38)36-27(37-29(25)39)18-6-4-17(5-7-18)24-13-10-21(31)15-34-24/h1-16H,(H5-,31,32,33,36,37,39)/p+1. The van der Waals surface area contributed by atoms with Gasteiger partial charge in [0.1, 0.15) is 17.3 Å². The lowest BCUT2D eigenvalue weighted by Crippen LogP contribution is -2.36. The number of nitrogens with one attached hydrogen (secondary N) is 2. The number of hydrogen-bond acceptors (Lipinski definition) is 6. The predicted molar refractivity (Wildman–Crippen MR) is 156 cm³/mol. The number of anilines is 1. The Bertz CT molecular complexity index is 1810. The minimum absolute atomic E-state index is 0.0716. The van der Waals surface area contributed by atoms with Gasteiger partial charge in [-0.15, -0.1) is 0 Å². The summed E-state index contributed by atoms with van der Waals surface area (Å²) in [5.74, 6) is 0.735. The number of pyridine rings is 1. The molecule has 5 aromatic rings. The Labute approximate surface area is 228 Å². The molecule has 3 heterocycles. The van der Waals surface area contributed by atoms with E-state index in [2.05, 4.69) is 15.0 Å². The summed E-state index contributed by atoms with van der Waals surface area (Å²) in [5, 5.41) is 8.52. The van der Waals surface area contributed by atoms with Crippen LogP contribution in [-0.2, 0) is 0 Å². The Balaban J connectivity index is 1.52. The van der Waals surface area contributed by atoms with Gasteiger partial charge in [-0.3, -0.25) is 15.2 Å². The van der Waals surface area contributed by atoms with Crippen molar-refractivity contribution in [1.82, 2.24) is 19.4 Å². The molecule has 9 nitrogen and oxygen atoms in total. The van der Waals surface area contributed by atoms with Crippen molar-refractivity contribution < 1.29 is 0 Å². The Hall–Kier alpha value is -5.12. The average molecular weight is 534 g/mol. The molecule has 0 fully saturated rings. The average Bonchev–Trinajstić information content (AvgIpc) is 3.35. The highest BCUT2D eigenvalue weighted by molar-refractivity contribution is 6.30. The van der Waals surface area contributed by atoms with Crippen LogP contribution < -0.4 is 21.5 Å². The fraction of sp³-hybridized carbons (Fsp3) is 0. The first-order valence-corrected chi connectivity index (χ1v) is 12.4. The molecule has 190 valence electrons. The third-order valence-corrected chi connectivity index (χ3v) is 6.86. The third kappa shape index (κ3) is 4.15. The lowest BCUT2D eigenvalue weighted by Gasteiger charge is -2.29. The van der Waals surface area contributed by atoms with Crippen LogP contribution in [0, 0.1) is 5.41 Å². The Morgan fingerprint density at radius 1 is 0.923 bits per heavy atom. The molecule has 1 atom stereocenters. The first-order chi connectivity index (χ1) is 18.8. The number of aromatic amines is 1. The van der Waals surface area contributed by atoms with Crippen molar-refractivity contribution in [3.8, 4) is 22.6 Å². The maximum atomic E-state index is 13.3. The second kappa shape index (κ2) is 9.32. The molecule has 0 saturated carbocycles. The summed E-state index contributed by atoms with van der Waals surface area (Å²) in [6.07, 6.45) is 3.27. The zero-order chi connectivity index (χ0) is 27.1. The van der Waals surface area contributed by atoms with Gasteiger partial charge in [-0.1, -0.05) is 48.0 Å². The van der Waals surface area contributed by atoms with Crippen molar-refractivity contribution in [2.24, 2.45) is 10.7 Å². The van der Waals surface area contributed by atoms with Gasteiger partial charge in [-0.05, 0) is 24.3 Å². The van der Waals surface area contributed by atoms with Crippen LogP contribution in [0.4, 0.5) is 28.6 Å². The summed E-state index contributed by atoms with van der Waals surface area (Å²) in [5.41, 5.74) is 16.4. The zero-order valence-electron chi connectivity index (χ0n) is 20.5. The van der Waals surface area contributed by atoms with Gasteiger partial charge in [0.05, 0.1) is 17.6 Å². The van der Waals surface area contributed by atoms with E-state index in [0.717, 1.165) is 16.9 Å². The van der Waals surface area contributed by atoms with Crippen molar-refractivity contribution in [2.75, 3.05) is 5.73 Å². The van der Waals surface area contributed by atoms with E-state index in [1.54, 1.807) is 42.9 Å². The molecule has 6 rings (SSSR count). The van der Waals surface area contributed by atoms with Gasteiger partial charge >= 0.3 is 0 Å². The van der Waals surface area contributed by atoms with Crippen LogP contribution in [0.1, 0.15) is 5.56 Å². The molecular formula is C29H22ClN8O+. The lowest BCUT2D eigenvalue weighted by atomic mass is 10.1. The minimum Gasteiger partial charge on any atom is -0.397 e. The van der Waals surface area contributed by atoms with Crippen molar-refractivity contribution in [3.63, 3.8) is 0 Å². The van der Waals surface area contributed by atoms with Crippen LogP contribution in [0.15, 0.2) is 101 Å². The quantitative estimate of drug-likeness (QED) is 0.131. The van der Waals surface area contributed by atoms with Crippen LogP contribution >= 0.6 is 11.6 Å². The van der Waals surface area contributed by atoms with E-state index in [1.165, 1.54) is 0 Å². The second-order valence-electron chi connectivity index (χ2n) is 9.05. The SMILES string of the molecule is N=C(N)c1cccc([N+]2(c3ccc(Cl)cc3)C=Nc3c2nc(-c2ccc(-c4ccc(N)cn4)cc2)[nH]c3=O)c1. The van der Waals surface area contributed by atoms with Crippen molar-refractivity contribution in [3.05, 3.63) is 112 Å². The van der Waals surface area contributed by atoms with E-state index in [9.17, 15) is 4.79 Å². The Morgan fingerprint density at radius 3 is 2.36 bits per heavy atom. The number of quaternary nitrogens is 1. The van der Waals surface area contributed by atoms with Crippen LogP contribution in [0.2, 0.25) is 5.02 Å². The molecule has 0 spiro atoms. The predicted octanol–water partition coefficient (Wildman–Crippen LogP) is 5.66. The molecule has 2 aromatic heterocycles. The van der Waals surface area contributed by atoms with E-state index in [0.29, 0.717) is 39.2 Å². The summed E-state index contributed by atoms with van der Waals surface area (Å²) in [6, 6.07) is 25.8. The topological polar surface area (TPSA) is 147 Å². The molecule has 1 aliphatic heterocycles. The number of fused-ring (bicyclic) bond motifs is 1. The van der Waals surface area contributed by atoms with E-state index in [4.69, 9.17) is 33.5 Å². The first kappa shape index (κ1) is 24.2. The van der Waals surface area contributed by atoms with Crippen molar-refractivity contribution in [2.45, 2.75) is 0 Å². The number of rotatable bonds is 5. The lowest BCUT2D eigenvalue weighted by molar-refractivity contribution is 0.757.